The molecule has 17 heavy (non-hydrogen) atoms. The van der Waals surface area contributed by atoms with Crippen LogP contribution in [-0.4, -0.2) is 32.6 Å². The fraction of sp³-hybridized carbons (Fsp3) is 0.364. The Bertz CT molecular complexity index is 520. The van der Waals surface area contributed by atoms with Crippen LogP contribution in [0, 0.1) is 11.3 Å². The van der Waals surface area contributed by atoms with Crippen LogP contribution in [0.15, 0.2) is 24.3 Å². The molecular weight excluding hydrogens is 240 g/mol. The zero-order chi connectivity index (χ0) is 12.9. The van der Waals surface area contributed by atoms with E-state index in [1.807, 2.05) is 12.1 Å². The molecule has 0 unspecified atom stereocenters. The molecule has 0 atom stereocenters. The maximum Gasteiger partial charge on any atom is 0.227 e. The van der Waals surface area contributed by atoms with Crippen molar-refractivity contribution in [2.24, 2.45) is 0 Å². The number of benzene rings is 1. The molecule has 0 bridgehead atoms. The Hall–Kier alpha value is -1.58. The highest BCUT2D eigenvalue weighted by Crippen LogP contribution is 2.19. The van der Waals surface area contributed by atoms with Gasteiger partial charge < -0.3 is 4.74 Å². The number of hydrogen-bond acceptors (Lipinski definition) is 4. The van der Waals surface area contributed by atoms with E-state index in [0.717, 1.165) is 9.87 Å². The van der Waals surface area contributed by atoms with E-state index in [4.69, 9.17) is 10.00 Å². The monoisotopic (exact) mass is 254 g/mol. The standard InChI is InChI=1S/C11H14N2O3S/c1-13(17(14,15)8-7-12)9-10-5-3-4-6-11(10)16-2/h3-6H,8-9H2,1-2H3. The molecule has 0 spiro atoms. The van der Waals surface area contributed by atoms with Crippen molar-refractivity contribution in [2.45, 2.75) is 6.54 Å². The summed E-state index contributed by atoms with van der Waals surface area (Å²) in [6.45, 7) is 0.189. The Morgan fingerprint density at radius 1 is 1.41 bits per heavy atom. The molecule has 92 valence electrons. The smallest absolute Gasteiger partial charge is 0.227 e. The average Bonchev–Trinajstić information content (AvgIpc) is 2.29. The minimum Gasteiger partial charge on any atom is -0.496 e. The number of nitriles is 1. The predicted molar refractivity (Wildman–Crippen MR) is 63.9 cm³/mol. The van der Waals surface area contributed by atoms with Gasteiger partial charge in [0.1, 0.15) is 5.75 Å². The van der Waals surface area contributed by atoms with E-state index in [9.17, 15) is 8.42 Å². The third-order valence-electron chi connectivity index (χ3n) is 2.31. The Kier molecular flexibility index (Phi) is 4.49. The lowest BCUT2D eigenvalue weighted by Gasteiger charge is -2.16. The molecule has 1 aromatic rings. The van der Waals surface area contributed by atoms with Crippen LogP contribution in [0.1, 0.15) is 5.56 Å². The van der Waals surface area contributed by atoms with Crippen LogP contribution in [0.4, 0.5) is 0 Å². The first-order valence-electron chi connectivity index (χ1n) is 4.94. The summed E-state index contributed by atoms with van der Waals surface area (Å²) >= 11 is 0. The van der Waals surface area contributed by atoms with Crippen LogP contribution < -0.4 is 4.74 Å². The van der Waals surface area contributed by atoms with E-state index in [1.165, 1.54) is 14.2 Å². The lowest BCUT2D eigenvalue weighted by atomic mass is 10.2. The number of nitrogens with zero attached hydrogens (tertiary/aromatic N) is 2. The van der Waals surface area contributed by atoms with Gasteiger partial charge in [-0.3, -0.25) is 0 Å². The van der Waals surface area contributed by atoms with Crippen molar-refractivity contribution in [3.05, 3.63) is 29.8 Å². The molecule has 5 nitrogen and oxygen atoms in total. The van der Waals surface area contributed by atoms with Gasteiger partial charge in [-0.25, -0.2) is 8.42 Å². The van der Waals surface area contributed by atoms with Gasteiger partial charge in [0.05, 0.1) is 13.2 Å². The normalized spacial score (nSPS) is 11.2. The number of ether oxygens (including phenoxy) is 1. The summed E-state index contributed by atoms with van der Waals surface area (Å²) in [6.07, 6.45) is 0. The van der Waals surface area contributed by atoms with Crippen molar-refractivity contribution < 1.29 is 13.2 Å². The highest BCUT2D eigenvalue weighted by Gasteiger charge is 2.18. The van der Waals surface area contributed by atoms with Crippen LogP contribution in [-0.2, 0) is 16.6 Å². The molecule has 0 aliphatic heterocycles. The van der Waals surface area contributed by atoms with Gasteiger partial charge in [0, 0.05) is 19.2 Å². The van der Waals surface area contributed by atoms with Crippen molar-refractivity contribution in [1.82, 2.24) is 4.31 Å². The predicted octanol–water partition coefficient (Wildman–Crippen LogP) is 0.980. The molecule has 0 N–H and O–H groups in total. The lowest BCUT2D eigenvalue weighted by molar-refractivity contribution is 0.398. The summed E-state index contributed by atoms with van der Waals surface area (Å²) in [5.41, 5.74) is 0.763. The topological polar surface area (TPSA) is 70.4 Å². The average molecular weight is 254 g/mol. The summed E-state index contributed by atoms with van der Waals surface area (Å²) in [5, 5.41) is 8.44. The third kappa shape index (κ3) is 3.44. The Balaban J connectivity index is 2.89. The zero-order valence-corrected chi connectivity index (χ0v) is 10.6. The third-order valence-corrected chi connectivity index (χ3v) is 3.88. The second-order valence-electron chi connectivity index (χ2n) is 3.48. The fourth-order valence-corrected chi connectivity index (χ4v) is 2.08. The van der Waals surface area contributed by atoms with Crippen molar-refractivity contribution in [1.29, 1.82) is 5.26 Å². The molecule has 0 aliphatic carbocycles. The van der Waals surface area contributed by atoms with Gasteiger partial charge in [0.2, 0.25) is 10.0 Å². The van der Waals surface area contributed by atoms with Gasteiger partial charge in [-0.15, -0.1) is 0 Å². The first kappa shape index (κ1) is 13.5. The quantitative estimate of drug-likeness (QED) is 0.785. The van der Waals surface area contributed by atoms with E-state index in [-0.39, 0.29) is 6.54 Å². The van der Waals surface area contributed by atoms with Gasteiger partial charge in [0.25, 0.3) is 0 Å². The molecule has 0 aliphatic rings. The van der Waals surface area contributed by atoms with Gasteiger partial charge in [-0.2, -0.15) is 9.57 Å². The maximum absolute atomic E-state index is 11.6. The van der Waals surface area contributed by atoms with E-state index < -0.39 is 15.8 Å². The highest BCUT2D eigenvalue weighted by atomic mass is 32.2. The summed E-state index contributed by atoms with van der Waals surface area (Å²) in [7, 11) is -0.543. The molecular formula is C11H14N2O3S. The zero-order valence-electron chi connectivity index (χ0n) is 9.75. The van der Waals surface area contributed by atoms with Crippen LogP contribution in [0.5, 0.6) is 5.75 Å². The first-order chi connectivity index (χ1) is 8.01. The Morgan fingerprint density at radius 3 is 2.65 bits per heavy atom. The summed E-state index contributed by atoms with van der Waals surface area (Å²) in [4.78, 5) is 0. The maximum atomic E-state index is 11.6. The van der Waals surface area contributed by atoms with Gasteiger partial charge in [0.15, 0.2) is 5.75 Å². The van der Waals surface area contributed by atoms with Crippen molar-refractivity contribution in [3.8, 4) is 11.8 Å². The minimum absolute atomic E-state index is 0.189. The Morgan fingerprint density at radius 2 is 2.06 bits per heavy atom. The first-order valence-corrected chi connectivity index (χ1v) is 6.55. The largest absolute Gasteiger partial charge is 0.496 e. The van der Waals surface area contributed by atoms with Crippen LogP contribution in [0.3, 0.4) is 0 Å². The van der Waals surface area contributed by atoms with E-state index in [1.54, 1.807) is 18.2 Å². The molecule has 0 saturated heterocycles. The number of rotatable bonds is 5. The molecule has 0 amide bonds. The summed E-state index contributed by atoms with van der Waals surface area (Å²) < 4.78 is 29.5. The van der Waals surface area contributed by atoms with Crippen molar-refractivity contribution in [2.75, 3.05) is 19.9 Å². The summed E-state index contributed by atoms with van der Waals surface area (Å²) in [6, 6.07) is 8.82. The second kappa shape index (κ2) is 5.66. The number of hydrogen-bond donors (Lipinski definition) is 0. The van der Waals surface area contributed by atoms with Gasteiger partial charge in [-0.05, 0) is 6.07 Å². The Labute approximate surface area is 101 Å². The molecule has 1 aromatic carbocycles. The van der Waals surface area contributed by atoms with E-state index >= 15 is 0 Å². The summed E-state index contributed by atoms with van der Waals surface area (Å²) in [5.74, 6) is 0.116. The molecule has 1 rings (SSSR count). The molecule has 0 aromatic heterocycles. The van der Waals surface area contributed by atoms with Crippen molar-refractivity contribution >= 4 is 10.0 Å². The molecule has 0 saturated carbocycles. The highest BCUT2D eigenvalue weighted by molar-refractivity contribution is 7.89. The minimum atomic E-state index is -3.52. The van der Waals surface area contributed by atoms with Gasteiger partial charge in [-0.1, -0.05) is 18.2 Å². The van der Waals surface area contributed by atoms with Crippen LogP contribution in [0.25, 0.3) is 0 Å². The second-order valence-corrected chi connectivity index (χ2v) is 5.56. The molecule has 0 radical (unpaired) electrons. The van der Waals surface area contributed by atoms with Crippen LogP contribution in [0.2, 0.25) is 0 Å². The van der Waals surface area contributed by atoms with E-state index in [0.29, 0.717) is 5.75 Å². The molecule has 0 fully saturated rings. The lowest BCUT2D eigenvalue weighted by Crippen LogP contribution is -2.28. The van der Waals surface area contributed by atoms with E-state index in [2.05, 4.69) is 0 Å². The number of sulfonamides is 1. The van der Waals surface area contributed by atoms with Crippen molar-refractivity contribution in [3.63, 3.8) is 0 Å². The SMILES string of the molecule is COc1ccccc1CN(C)S(=O)(=O)CC#N. The fourth-order valence-electron chi connectivity index (χ4n) is 1.36. The molecule has 0 heterocycles. The molecule has 6 heteroatoms. The van der Waals surface area contributed by atoms with Crippen LogP contribution >= 0.6 is 0 Å². The number of para-hydroxylation sites is 1. The van der Waals surface area contributed by atoms with Gasteiger partial charge >= 0.3 is 0 Å². The number of methoxy groups -OCH3 is 1.